The number of rotatable bonds is 1. The normalized spacial score (nSPS) is 10.5. The third-order valence-corrected chi connectivity index (χ3v) is 1.85. The molecule has 0 fully saturated rings. The van der Waals surface area contributed by atoms with Gasteiger partial charge in [-0.25, -0.2) is 4.39 Å². The topological polar surface area (TPSA) is 25.0 Å². The standard InChI is InChI=1S/C9H8FNO/c1-12-8-3-2-7(10)9-6(8)4-5-11-9/h2-5,11H,1H3. The molecule has 0 aliphatic heterocycles. The first kappa shape index (κ1) is 7.16. The van der Waals surface area contributed by atoms with Crippen molar-refractivity contribution in [2.24, 2.45) is 0 Å². The molecule has 2 nitrogen and oxygen atoms in total. The summed E-state index contributed by atoms with van der Waals surface area (Å²) in [6.07, 6.45) is 1.69. The van der Waals surface area contributed by atoms with E-state index in [1.54, 1.807) is 25.4 Å². The number of ether oxygens (including phenoxy) is 1. The van der Waals surface area contributed by atoms with Crippen LogP contribution in [0, 0.1) is 5.82 Å². The second-order valence-corrected chi connectivity index (χ2v) is 2.52. The van der Waals surface area contributed by atoms with Gasteiger partial charge in [0.25, 0.3) is 0 Å². The molecule has 0 unspecified atom stereocenters. The van der Waals surface area contributed by atoms with Crippen LogP contribution in [-0.2, 0) is 0 Å². The molecule has 0 amide bonds. The highest BCUT2D eigenvalue weighted by molar-refractivity contribution is 5.86. The Morgan fingerprint density at radius 2 is 2.17 bits per heavy atom. The maximum Gasteiger partial charge on any atom is 0.147 e. The highest BCUT2D eigenvalue weighted by atomic mass is 19.1. The van der Waals surface area contributed by atoms with Gasteiger partial charge in [0.15, 0.2) is 0 Å². The quantitative estimate of drug-likeness (QED) is 0.689. The lowest BCUT2D eigenvalue weighted by atomic mass is 10.2. The van der Waals surface area contributed by atoms with Gasteiger partial charge < -0.3 is 9.72 Å². The van der Waals surface area contributed by atoms with Gasteiger partial charge in [-0.05, 0) is 18.2 Å². The number of hydrogen-bond donors (Lipinski definition) is 1. The molecule has 0 radical (unpaired) electrons. The Morgan fingerprint density at radius 1 is 1.33 bits per heavy atom. The zero-order chi connectivity index (χ0) is 8.55. The second kappa shape index (κ2) is 2.52. The fourth-order valence-corrected chi connectivity index (χ4v) is 1.27. The first-order valence-corrected chi connectivity index (χ1v) is 3.62. The molecule has 3 heteroatoms. The molecule has 0 saturated heterocycles. The van der Waals surface area contributed by atoms with Crippen LogP contribution in [0.4, 0.5) is 4.39 Å². The van der Waals surface area contributed by atoms with Crippen LogP contribution in [0.2, 0.25) is 0 Å². The molecular weight excluding hydrogens is 157 g/mol. The molecular formula is C9H8FNO. The second-order valence-electron chi connectivity index (χ2n) is 2.52. The predicted molar refractivity (Wildman–Crippen MR) is 44.8 cm³/mol. The first-order valence-electron chi connectivity index (χ1n) is 3.62. The smallest absolute Gasteiger partial charge is 0.147 e. The van der Waals surface area contributed by atoms with Crippen molar-refractivity contribution >= 4 is 10.9 Å². The van der Waals surface area contributed by atoms with E-state index < -0.39 is 0 Å². The van der Waals surface area contributed by atoms with E-state index in [-0.39, 0.29) is 5.82 Å². The van der Waals surface area contributed by atoms with E-state index in [2.05, 4.69) is 4.98 Å². The molecule has 1 aromatic heterocycles. The monoisotopic (exact) mass is 165 g/mol. The summed E-state index contributed by atoms with van der Waals surface area (Å²) in [4.78, 5) is 2.81. The Kier molecular flexibility index (Phi) is 1.50. The third-order valence-electron chi connectivity index (χ3n) is 1.85. The molecule has 2 rings (SSSR count). The molecule has 1 aromatic carbocycles. The number of halogens is 1. The average Bonchev–Trinajstić information content (AvgIpc) is 2.54. The van der Waals surface area contributed by atoms with E-state index in [1.165, 1.54) is 6.07 Å². The number of nitrogens with one attached hydrogen (secondary N) is 1. The number of fused-ring (bicyclic) bond motifs is 1. The van der Waals surface area contributed by atoms with Crippen LogP contribution in [0.5, 0.6) is 5.75 Å². The highest BCUT2D eigenvalue weighted by Crippen LogP contribution is 2.26. The predicted octanol–water partition coefficient (Wildman–Crippen LogP) is 2.32. The van der Waals surface area contributed by atoms with Crippen molar-refractivity contribution in [3.63, 3.8) is 0 Å². The lowest BCUT2D eigenvalue weighted by Gasteiger charge is -2.00. The van der Waals surface area contributed by atoms with Crippen LogP contribution >= 0.6 is 0 Å². The maximum atomic E-state index is 13.0. The van der Waals surface area contributed by atoms with Gasteiger partial charge in [-0.15, -0.1) is 0 Å². The van der Waals surface area contributed by atoms with E-state index >= 15 is 0 Å². The molecule has 0 aliphatic rings. The summed E-state index contributed by atoms with van der Waals surface area (Å²) in [5.74, 6) is 0.434. The molecule has 1 heterocycles. The highest BCUT2D eigenvalue weighted by Gasteiger charge is 2.05. The molecule has 1 N–H and O–H groups in total. The average molecular weight is 165 g/mol. The largest absolute Gasteiger partial charge is 0.496 e. The zero-order valence-electron chi connectivity index (χ0n) is 6.60. The molecule has 0 bridgehead atoms. The minimum atomic E-state index is -0.254. The Balaban J connectivity index is 2.82. The van der Waals surface area contributed by atoms with Crippen LogP contribution < -0.4 is 4.74 Å². The van der Waals surface area contributed by atoms with Gasteiger partial charge in [0.2, 0.25) is 0 Å². The summed E-state index contributed by atoms with van der Waals surface area (Å²) in [6.45, 7) is 0. The fraction of sp³-hybridized carbons (Fsp3) is 0.111. The van der Waals surface area contributed by atoms with Crippen molar-refractivity contribution in [2.75, 3.05) is 7.11 Å². The number of hydrogen-bond acceptors (Lipinski definition) is 1. The zero-order valence-corrected chi connectivity index (χ0v) is 6.60. The van der Waals surface area contributed by atoms with Crippen molar-refractivity contribution in [1.82, 2.24) is 4.98 Å². The van der Waals surface area contributed by atoms with E-state index in [4.69, 9.17) is 4.74 Å². The summed E-state index contributed by atoms with van der Waals surface area (Å²) in [7, 11) is 1.57. The number of benzene rings is 1. The van der Waals surface area contributed by atoms with Gasteiger partial charge >= 0.3 is 0 Å². The SMILES string of the molecule is COc1ccc(F)c2[nH]ccc12. The summed E-state index contributed by atoms with van der Waals surface area (Å²) >= 11 is 0. The molecule has 0 aliphatic carbocycles. The molecule has 12 heavy (non-hydrogen) atoms. The summed E-state index contributed by atoms with van der Waals surface area (Å²) in [5.41, 5.74) is 0.495. The summed E-state index contributed by atoms with van der Waals surface area (Å²) < 4.78 is 18.1. The number of methoxy groups -OCH3 is 1. The Morgan fingerprint density at radius 3 is 2.92 bits per heavy atom. The van der Waals surface area contributed by atoms with Crippen LogP contribution in [-0.4, -0.2) is 12.1 Å². The Hall–Kier alpha value is -1.51. The van der Waals surface area contributed by atoms with Gasteiger partial charge in [-0.1, -0.05) is 0 Å². The van der Waals surface area contributed by atoms with Crippen molar-refractivity contribution in [3.05, 3.63) is 30.2 Å². The third kappa shape index (κ3) is 0.863. The van der Waals surface area contributed by atoms with Crippen LogP contribution in [0.1, 0.15) is 0 Å². The van der Waals surface area contributed by atoms with Crippen molar-refractivity contribution in [3.8, 4) is 5.75 Å². The molecule has 2 aromatic rings. The first-order chi connectivity index (χ1) is 5.83. The van der Waals surface area contributed by atoms with Gasteiger partial charge in [0.1, 0.15) is 11.6 Å². The van der Waals surface area contributed by atoms with E-state index in [9.17, 15) is 4.39 Å². The minimum absolute atomic E-state index is 0.254. The lowest BCUT2D eigenvalue weighted by Crippen LogP contribution is -1.85. The Labute approximate surface area is 69.0 Å². The maximum absolute atomic E-state index is 13.0. The lowest BCUT2D eigenvalue weighted by molar-refractivity contribution is 0.419. The van der Waals surface area contributed by atoms with Gasteiger partial charge in [-0.3, -0.25) is 0 Å². The van der Waals surface area contributed by atoms with Crippen molar-refractivity contribution in [1.29, 1.82) is 0 Å². The van der Waals surface area contributed by atoms with Crippen molar-refractivity contribution < 1.29 is 9.13 Å². The number of aromatic nitrogens is 1. The fourth-order valence-electron chi connectivity index (χ4n) is 1.27. The van der Waals surface area contributed by atoms with Gasteiger partial charge in [-0.2, -0.15) is 0 Å². The van der Waals surface area contributed by atoms with Gasteiger partial charge in [0.05, 0.1) is 12.6 Å². The van der Waals surface area contributed by atoms with E-state index in [0.717, 1.165) is 5.39 Å². The Bertz CT molecular complexity index is 408. The van der Waals surface area contributed by atoms with E-state index in [1.807, 2.05) is 0 Å². The van der Waals surface area contributed by atoms with Crippen LogP contribution in [0.15, 0.2) is 24.4 Å². The summed E-state index contributed by atoms with van der Waals surface area (Å²) in [6, 6.07) is 4.79. The number of H-pyrrole nitrogens is 1. The summed E-state index contributed by atoms with van der Waals surface area (Å²) in [5, 5.41) is 0.775. The molecule has 0 saturated carbocycles. The van der Waals surface area contributed by atoms with Crippen LogP contribution in [0.25, 0.3) is 10.9 Å². The van der Waals surface area contributed by atoms with E-state index in [0.29, 0.717) is 11.3 Å². The number of aromatic amines is 1. The van der Waals surface area contributed by atoms with Crippen molar-refractivity contribution in [2.45, 2.75) is 0 Å². The molecule has 62 valence electrons. The van der Waals surface area contributed by atoms with Gasteiger partial charge in [0, 0.05) is 11.6 Å². The minimum Gasteiger partial charge on any atom is -0.496 e. The van der Waals surface area contributed by atoms with Crippen LogP contribution in [0.3, 0.4) is 0 Å². The molecule has 0 atom stereocenters. The molecule has 0 spiro atoms.